The summed E-state index contributed by atoms with van der Waals surface area (Å²) in [5.74, 6) is -0.371. The molecule has 1 aliphatic carbocycles. The SMILES string of the molecule is Cc1oc(CNC(=O)NC2CCCCC2O)cc1C(=O)O. The molecule has 116 valence electrons. The van der Waals surface area contributed by atoms with E-state index in [-0.39, 0.29) is 18.2 Å². The Bertz CT molecular complexity index is 525. The molecule has 1 fully saturated rings. The Balaban J connectivity index is 1.83. The van der Waals surface area contributed by atoms with E-state index >= 15 is 0 Å². The van der Waals surface area contributed by atoms with Crippen molar-refractivity contribution in [1.29, 1.82) is 0 Å². The molecular formula is C14H20N2O5. The van der Waals surface area contributed by atoms with E-state index in [4.69, 9.17) is 9.52 Å². The van der Waals surface area contributed by atoms with Gasteiger partial charge in [0.25, 0.3) is 0 Å². The van der Waals surface area contributed by atoms with Crippen LogP contribution in [0.1, 0.15) is 47.6 Å². The minimum atomic E-state index is -1.06. The maximum absolute atomic E-state index is 11.8. The van der Waals surface area contributed by atoms with Crippen LogP contribution in [-0.4, -0.2) is 34.4 Å². The van der Waals surface area contributed by atoms with Gasteiger partial charge in [0, 0.05) is 0 Å². The van der Waals surface area contributed by atoms with Gasteiger partial charge in [0.05, 0.1) is 18.7 Å². The molecule has 0 saturated heterocycles. The summed E-state index contributed by atoms with van der Waals surface area (Å²) < 4.78 is 5.26. The predicted molar refractivity (Wildman–Crippen MR) is 74.0 cm³/mol. The third-order valence-electron chi connectivity index (χ3n) is 3.67. The summed E-state index contributed by atoms with van der Waals surface area (Å²) in [6.07, 6.45) is 2.92. The van der Waals surface area contributed by atoms with E-state index in [2.05, 4.69) is 10.6 Å². The fraction of sp³-hybridized carbons (Fsp3) is 0.571. The molecule has 4 N–H and O–H groups in total. The van der Waals surface area contributed by atoms with Crippen LogP contribution in [0.25, 0.3) is 0 Å². The highest BCUT2D eigenvalue weighted by molar-refractivity contribution is 5.88. The minimum absolute atomic E-state index is 0.0925. The lowest BCUT2D eigenvalue weighted by atomic mass is 9.93. The van der Waals surface area contributed by atoms with Gasteiger partial charge in [-0.1, -0.05) is 12.8 Å². The van der Waals surface area contributed by atoms with Gasteiger partial charge in [-0.2, -0.15) is 0 Å². The molecule has 0 spiro atoms. The van der Waals surface area contributed by atoms with Crippen LogP contribution >= 0.6 is 0 Å². The number of aliphatic hydroxyl groups is 1. The van der Waals surface area contributed by atoms with Crippen molar-refractivity contribution in [2.24, 2.45) is 0 Å². The smallest absolute Gasteiger partial charge is 0.339 e. The molecule has 2 atom stereocenters. The third kappa shape index (κ3) is 3.98. The Morgan fingerprint density at radius 2 is 2.10 bits per heavy atom. The van der Waals surface area contributed by atoms with Gasteiger partial charge in [-0.3, -0.25) is 0 Å². The molecule has 2 amide bonds. The van der Waals surface area contributed by atoms with Crippen LogP contribution in [0.5, 0.6) is 0 Å². The largest absolute Gasteiger partial charge is 0.478 e. The molecule has 1 saturated carbocycles. The van der Waals surface area contributed by atoms with Crippen LogP contribution in [0.15, 0.2) is 10.5 Å². The van der Waals surface area contributed by atoms with Gasteiger partial charge in [-0.25, -0.2) is 9.59 Å². The number of carboxylic acid groups (broad SMARTS) is 1. The van der Waals surface area contributed by atoms with Gasteiger partial charge >= 0.3 is 12.0 Å². The van der Waals surface area contributed by atoms with Crippen molar-refractivity contribution < 1.29 is 24.2 Å². The van der Waals surface area contributed by atoms with Crippen LogP contribution in [0.2, 0.25) is 0 Å². The monoisotopic (exact) mass is 296 g/mol. The Morgan fingerprint density at radius 3 is 2.71 bits per heavy atom. The quantitative estimate of drug-likeness (QED) is 0.671. The van der Waals surface area contributed by atoms with Gasteiger partial charge in [-0.05, 0) is 25.8 Å². The lowest BCUT2D eigenvalue weighted by Crippen LogP contribution is -2.48. The molecule has 0 bridgehead atoms. The van der Waals surface area contributed by atoms with Crippen LogP contribution in [-0.2, 0) is 6.54 Å². The van der Waals surface area contributed by atoms with Crippen LogP contribution < -0.4 is 10.6 Å². The van der Waals surface area contributed by atoms with Crippen molar-refractivity contribution in [2.45, 2.75) is 51.3 Å². The number of aromatic carboxylic acids is 1. The molecule has 7 nitrogen and oxygen atoms in total. The van der Waals surface area contributed by atoms with E-state index in [0.29, 0.717) is 17.9 Å². The zero-order chi connectivity index (χ0) is 15.4. The highest BCUT2D eigenvalue weighted by Crippen LogP contribution is 2.18. The van der Waals surface area contributed by atoms with E-state index in [0.717, 1.165) is 19.3 Å². The number of rotatable bonds is 4. The summed E-state index contributed by atoms with van der Waals surface area (Å²) in [4.78, 5) is 22.6. The number of urea groups is 1. The van der Waals surface area contributed by atoms with Crippen molar-refractivity contribution in [3.05, 3.63) is 23.2 Å². The number of aryl methyl sites for hydroxylation is 1. The average Bonchev–Trinajstić information content (AvgIpc) is 2.80. The molecule has 2 rings (SSSR count). The number of carbonyl (C=O) groups is 2. The fourth-order valence-electron chi connectivity index (χ4n) is 2.51. The molecule has 0 aromatic carbocycles. The number of nitrogens with one attached hydrogen (secondary N) is 2. The molecule has 1 aromatic rings. The van der Waals surface area contributed by atoms with Crippen LogP contribution in [0.4, 0.5) is 4.79 Å². The number of hydrogen-bond donors (Lipinski definition) is 4. The molecule has 7 heteroatoms. The normalized spacial score (nSPS) is 21.8. The average molecular weight is 296 g/mol. The van der Waals surface area contributed by atoms with Gasteiger partial charge in [0.15, 0.2) is 0 Å². The van der Waals surface area contributed by atoms with Crippen molar-refractivity contribution in [3.63, 3.8) is 0 Å². The fourth-order valence-corrected chi connectivity index (χ4v) is 2.51. The van der Waals surface area contributed by atoms with Gasteiger partial charge in [-0.15, -0.1) is 0 Å². The number of carboxylic acids is 1. The lowest BCUT2D eigenvalue weighted by molar-refractivity contribution is 0.0695. The summed E-state index contributed by atoms with van der Waals surface area (Å²) >= 11 is 0. The van der Waals surface area contributed by atoms with Crippen molar-refractivity contribution in [3.8, 4) is 0 Å². The topological polar surface area (TPSA) is 112 Å². The minimum Gasteiger partial charge on any atom is -0.478 e. The highest BCUT2D eigenvalue weighted by atomic mass is 16.4. The molecular weight excluding hydrogens is 276 g/mol. The number of carbonyl (C=O) groups excluding carboxylic acids is 1. The van der Waals surface area contributed by atoms with Crippen LogP contribution in [0, 0.1) is 6.92 Å². The van der Waals surface area contributed by atoms with Gasteiger partial charge < -0.3 is 25.3 Å². The first-order valence-electron chi connectivity index (χ1n) is 7.02. The standard InChI is InChI=1S/C14H20N2O5/c1-8-10(13(18)19)6-9(21-8)7-15-14(20)16-11-4-2-3-5-12(11)17/h6,11-12,17H,2-5,7H2,1H3,(H,18,19)(H2,15,16,20). The van der Waals surface area contributed by atoms with Crippen molar-refractivity contribution >= 4 is 12.0 Å². The zero-order valence-corrected chi connectivity index (χ0v) is 11.9. The number of amides is 2. The molecule has 1 heterocycles. The summed E-state index contributed by atoms with van der Waals surface area (Å²) in [6.45, 7) is 1.66. The van der Waals surface area contributed by atoms with E-state index in [1.165, 1.54) is 6.07 Å². The molecule has 1 aromatic heterocycles. The molecule has 2 unspecified atom stereocenters. The van der Waals surface area contributed by atoms with Crippen molar-refractivity contribution in [1.82, 2.24) is 10.6 Å². The maximum atomic E-state index is 11.8. The van der Waals surface area contributed by atoms with E-state index in [1.807, 2.05) is 0 Å². The summed E-state index contributed by atoms with van der Waals surface area (Å²) in [5, 5.41) is 24.0. The Hall–Kier alpha value is -2.02. The lowest BCUT2D eigenvalue weighted by Gasteiger charge is -2.28. The van der Waals surface area contributed by atoms with E-state index in [9.17, 15) is 14.7 Å². The number of hydrogen-bond acceptors (Lipinski definition) is 4. The molecule has 21 heavy (non-hydrogen) atoms. The Morgan fingerprint density at radius 1 is 1.38 bits per heavy atom. The molecule has 0 aliphatic heterocycles. The summed E-state index contributed by atoms with van der Waals surface area (Å²) in [5.41, 5.74) is 0.0925. The molecule has 0 radical (unpaired) electrons. The first-order valence-corrected chi connectivity index (χ1v) is 7.02. The van der Waals surface area contributed by atoms with E-state index < -0.39 is 18.1 Å². The van der Waals surface area contributed by atoms with Crippen LogP contribution in [0.3, 0.4) is 0 Å². The third-order valence-corrected chi connectivity index (χ3v) is 3.67. The van der Waals surface area contributed by atoms with Gasteiger partial charge in [0.2, 0.25) is 0 Å². The summed E-state index contributed by atoms with van der Waals surface area (Å²) in [7, 11) is 0. The number of aliphatic hydroxyl groups excluding tert-OH is 1. The second kappa shape index (κ2) is 6.62. The first kappa shape index (κ1) is 15.4. The van der Waals surface area contributed by atoms with Crippen molar-refractivity contribution in [2.75, 3.05) is 0 Å². The second-order valence-electron chi connectivity index (χ2n) is 5.27. The summed E-state index contributed by atoms with van der Waals surface area (Å²) in [6, 6.07) is 0.770. The van der Waals surface area contributed by atoms with E-state index in [1.54, 1.807) is 6.92 Å². The Labute approximate surface area is 122 Å². The molecule has 1 aliphatic rings. The number of furan rings is 1. The Kier molecular flexibility index (Phi) is 4.85. The zero-order valence-electron chi connectivity index (χ0n) is 11.9. The predicted octanol–water partition coefficient (Wildman–Crippen LogP) is 1.39. The maximum Gasteiger partial charge on any atom is 0.339 e. The second-order valence-corrected chi connectivity index (χ2v) is 5.27. The van der Waals surface area contributed by atoms with Gasteiger partial charge in [0.1, 0.15) is 17.1 Å². The highest BCUT2D eigenvalue weighted by Gasteiger charge is 2.24. The first-order chi connectivity index (χ1) is 9.97.